The van der Waals surface area contributed by atoms with Crippen LogP contribution in [-0.2, 0) is 4.79 Å². The monoisotopic (exact) mass is 151 g/mol. The van der Waals surface area contributed by atoms with Crippen LogP contribution >= 0.6 is 0 Å². The van der Waals surface area contributed by atoms with Crippen LogP contribution in [0.25, 0.3) is 0 Å². The molecule has 1 radical (unpaired) electrons. The number of carbonyl (C=O) groups excluding carboxylic acids is 1. The fourth-order valence-corrected chi connectivity index (χ4v) is 0.589. The highest BCUT2D eigenvalue weighted by Gasteiger charge is 2.05. The molecule has 0 atom stereocenters. The molecule has 0 aliphatic rings. The normalized spacial score (nSPS) is 9.09. The van der Waals surface area contributed by atoms with Gasteiger partial charge >= 0.3 is 0 Å². The maximum atomic E-state index is 10.1. The molecule has 1 aromatic heterocycles. The maximum Gasteiger partial charge on any atom is 0.273 e. The maximum absolute atomic E-state index is 10.1. The number of hydrogen-bond donors (Lipinski definition) is 0. The van der Waals surface area contributed by atoms with Crippen LogP contribution in [0.2, 0.25) is 0 Å². The van der Waals surface area contributed by atoms with Gasteiger partial charge in [0.2, 0.25) is 0 Å². The first kappa shape index (κ1) is 7.33. The van der Waals surface area contributed by atoms with Crippen molar-refractivity contribution in [3.63, 3.8) is 0 Å². The molecule has 0 unspecified atom stereocenters. The zero-order valence-corrected chi connectivity index (χ0v) is 5.35. The second-order valence-electron chi connectivity index (χ2n) is 1.76. The SMILES string of the molecule is O=[C]c1cc([N+](=O)[O-])ccn1. The fourth-order valence-electron chi connectivity index (χ4n) is 0.589. The van der Waals surface area contributed by atoms with Gasteiger partial charge < -0.3 is 0 Å². The van der Waals surface area contributed by atoms with Gasteiger partial charge in [-0.25, -0.2) is 0 Å². The summed E-state index contributed by atoms with van der Waals surface area (Å²) in [6.07, 6.45) is 2.65. The van der Waals surface area contributed by atoms with Gasteiger partial charge in [0.05, 0.1) is 4.92 Å². The Labute approximate surface area is 61.8 Å². The van der Waals surface area contributed by atoms with Crippen LogP contribution in [0.3, 0.4) is 0 Å². The molecule has 0 amide bonds. The van der Waals surface area contributed by atoms with Gasteiger partial charge in [-0.15, -0.1) is 0 Å². The second kappa shape index (κ2) is 2.87. The van der Waals surface area contributed by atoms with E-state index in [2.05, 4.69) is 4.98 Å². The van der Waals surface area contributed by atoms with Crippen LogP contribution in [0.5, 0.6) is 0 Å². The standard InChI is InChI=1S/C6H3N2O3/c9-4-5-3-6(8(10)11)1-2-7-5/h1-3H. The molecule has 0 spiro atoms. The number of pyridine rings is 1. The minimum absolute atomic E-state index is 0.0563. The van der Waals surface area contributed by atoms with Crippen LogP contribution < -0.4 is 0 Å². The highest BCUT2D eigenvalue weighted by molar-refractivity contribution is 5.73. The summed E-state index contributed by atoms with van der Waals surface area (Å²) in [5.41, 5.74) is -0.211. The van der Waals surface area contributed by atoms with Crippen molar-refractivity contribution in [3.8, 4) is 0 Å². The van der Waals surface area contributed by atoms with Crippen molar-refractivity contribution in [1.82, 2.24) is 4.98 Å². The van der Waals surface area contributed by atoms with Crippen LogP contribution in [0.1, 0.15) is 5.69 Å². The lowest BCUT2D eigenvalue weighted by molar-refractivity contribution is -0.384. The summed E-state index contributed by atoms with van der Waals surface area (Å²) in [4.78, 5) is 23.0. The summed E-state index contributed by atoms with van der Waals surface area (Å²) < 4.78 is 0. The minimum Gasteiger partial charge on any atom is -0.283 e. The average molecular weight is 151 g/mol. The molecule has 1 aromatic rings. The smallest absolute Gasteiger partial charge is 0.273 e. The van der Waals surface area contributed by atoms with Gasteiger partial charge in [0.25, 0.3) is 12.0 Å². The van der Waals surface area contributed by atoms with Crippen molar-refractivity contribution in [2.45, 2.75) is 0 Å². The Bertz CT molecular complexity index is 298. The molecule has 0 saturated carbocycles. The third-order valence-electron chi connectivity index (χ3n) is 1.06. The van der Waals surface area contributed by atoms with Gasteiger partial charge in [-0.3, -0.25) is 19.9 Å². The predicted molar refractivity (Wildman–Crippen MR) is 35.7 cm³/mol. The van der Waals surface area contributed by atoms with Crippen molar-refractivity contribution < 1.29 is 9.72 Å². The number of aromatic nitrogens is 1. The lowest BCUT2D eigenvalue weighted by Crippen LogP contribution is -1.91. The van der Waals surface area contributed by atoms with E-state index in [4.69, 9.17) is 0 Å². The molecule has 5 heteroatoms. The van der Waals surface area contributed by atoms with E-state index >= 15 is 0 Å². The molecule has 55 valence electrons. The Balaban J connectivity index is 3.10. The first-order chi connectivity index (χ1) is 5.24. The van der Waals surface area contributed by atoms with E-state index in [0.29, 0.717) is 0 Å². The van der Waals surface area contributed by atoms with Gasteiger partial charge in [-0.05, 0) is 0 Å². The van der Waals surface area contributed by atoms with Crippen LogP contribution in [0, 0.1) is 10.1 Å². The molecule has 0 N–H and O–H groups in total. The van der Waals surface area contributed by atoms with Crippen molar-refractivity contribution in [2.24, 2.45) is 0 Å². The van der Waals surface area contributed by atoms with Gasteiger partial charge in [0.1, 0.15) is 5.69 Å². The Morgan fingerprint density at radius 1 is 1.64 bits per heavy atom. The molecule has 1 heterocycles. The third-order valence-corrected chi connectivity index (χ3v) is 1.06. The number of nitrogens with zero attached hydrogens (tertiary/aromatic N) is 2. The van der Waals surface area contributed by atoms with E-state index in [1.54, 1.807) is 0 Å². The predicted octanol–water partition coefficient (Wildman–Crippen LogP) is 0.448. The van der Waals surface area contributed by atoms with E-state index in [0.717, 1.165) is 6.07 Å². The third kappa shape index (κ3) is 1.57. The quantitative estimate of drug-likeness (QED) is 0.454. The van der Waals surface area contributed by atoms with Crippen LogP contribution in [-0.4, -0.2) is 16.2 Å². The second-order valence-corrected chi connectivity index (χ2v) is 1.76. The zero-order chi connectivity index (χ0) is 8.27. The molecule has 0 aromatic carbocycles. The summed E-state index contributed by atoms with van der Waals surface area (Å²) in [7, 11) is 0. The van der Waals surface area contributed by atoms with E-state index in [-0.39, 0.29) is 11.4 Å². The molecule has 5 nitrogen and oxygen atoms in total. The first-order valence-corrected chi connectivity index (χ1v) is 2.72. The molecule has 0 fully saturated rings. The van der Waals surface area contributed by atoms with Gasteiger partial charge in [0.15, 0.2) is 0 Å². The molecular formula is C6H3N2O3. The summed E-state index contributed by atoms with van der Waals surface area (Å²) in [6.45, 7) is 0. The molecule has 0 bridgehead atoms. The van der Waals surface area contributed by atoms with Crippen LogP contribution in [0.4, 0.5) is 5.69 Å². The lowest BCUT2D eigenvalue weighted by atomic mass is 10.3. The van der Waals surface area contributed by atoms with E-state index in [1.807, 2.05) is 0 Å². The summed E-state index contributed by atoms with van der Waals surface area (Å²) in [5.74, 6) is 0. The van der Waals surface area contributed by atoms with Gasteiger partial charge in [0, 0.05) is 18.3 Å². The largest absolute Gasteiger partial charge is 0.283 e. The topological polar surface area (TPSA) is 73.1 Å². The van der Waals surface area contributed by atoms with E-state index in [1.165, 1.54) is 18.5 Å². The Morgan fingerprint density at radius 2 is 2.36 bits per heavy atom. The Kier molecular flexibility index (Phi) is 1.91. The van der Waals surface area contributed by atoms with Crippen molar-refractivity contribution in [1.29, 1.82) is 0 Å². The first-order valence-electron chi connectivity index (χ1n) is 2.72. The molecule has 0 aliphatic carbocycles. The highest BCUT2D eigenvalue weighted by Crippen LogP contribution is 2.08. The van der Waals surface area contributed by atoms with Crippen molar-refractivity contribution >= 4 is 12.0 Å². The molecular weight excluding hydrogens is 148 g/mol. The summed E-state index contributed by atoms with van der Waals surface area (Å²) in [5, 5.41) is 10.1. The molecule has 0 aliphatic heterocycles. The molecule has 1 rings (SSSR count). The average Bonchev–Trinajstić information content (AvgIpc) is 2.05. The lowest BCUT2D eigenvalue weighted by Gasteiger charge is -1.88. The Hall–Kier alpha value is -1.78. The van der Waals surface area contributed by atoms with Gasteiger partial charge in [-0.2, -0.15) is 0 Å². The fraction of sp³-hybridized carbons (Fsp3) is 0. The van der Waals surface area contributed by atoms with E-state index < -0.39 is 4.92 Å². The van der Waals surface area contributed by atoms with Gasteiger partial charge in [-0.1, -0.05) is 0 Å². The van der Waals surface area contributed by atoms with Crippen molar-refractivity contribution in [2.75, 3.05) is 0 Å². The minimum atomic E-state index is -0.595. The van der Waals surface area contributed by atoms with E-state index in [9.17, 15) is 14.9 Å². The number of hydrogen-bond acceptors (Lipinski definition) is 4. The summed E-state index contributed by atoms with van der Waals surface area (Å²) in [6, 6.07) is 2.27. The van der Waals surface area contributed by atoms with Crippen molar-refractivity contribution in [3.05, 3.63) is 34.1 Å². The summed E-state index contributed by atoms with van der Waals surface area (Å²) >= 11 is 0. The number of nitro groups is 1. The number of rotatable bonds is 2. The van der Waals surface area contributed by atoms with Crippen LogP contribution in [0.15, 0.2) is 18.3 Å². The molecule has 11 heavy (non-hydrogen) atoms. The highest BCUT2D eigenvalue weighted by atomic mass is 16.6. The molecule has 0 saturated heterocycles. The zero-order valence-electron chi connectivity index (χ0n) is 5.35. The Morgan fingerprint density at radius 3 is 2.91 bits per heavy atom.